The van der Waals surface area contributed by atoms with Gasteiger partial charge in [0.1, 0.15) is 5.78 Å². The molecule has 0 aliphatic heterocycles. The lowest BCUT2D eigenvalue weighted by molar-refractivity contribution is -0.127. The van der Waals surface area contributed by atoms with Crippen molar-refractivity contribution in [2.45, 2.75) is 117 Å². The van der Waals surface area contributed by atoms with Crippen LogP contribution in [-0.4, -0.2) is 43.1 Å². The minimum Gasteiger partial charge on any atom is -0.414 e. The second-order valence-electron chi connectivity index (χ2n) is 14.3. The van der Waals surface area contributed by atoms with E-state index in [1.54, 1.807) is 5.57 Å². The molecule has 0 aromatic rings. The van der Waals surface area contributed by atoms with Gasteiger partial charge in [-0.3, -0.25) is 4.79 Å². The summed E-state index contributed by atoms with van der Waals surface area (Å²) in [6, 6.07) is 0. The van der Waals surface area contributed by atoms with Gasteiger partial charge in [0.25, 0.3) is 0 Å². The fourth-order valence-corrected chi connectivity index (χ4v) is 9.82. The third-order valence-electron chi connectivity index (χ3n) is 11.6. The van der Waals surface area contributed by atoms with Gasteiger partial charge < -0.3 is 14.6 Å². The van der Waals surface area contributed by atoms with Gasteiger partial charge in [0.15, 0.2) is 8.32 Å². The molecule has 0 spiro atoms. The number of aliphatic hydroxyl groups excluding tert-OH is 2. The van der Waals surface area contributed by atoms with E-state index in [9.17, 15) is 15.0 Å². The van der Waals surface area contributed by atoms with Gasteiger partial charge >= 0.3 is 0 Å². The van der Waals surface area contributed by atoms with Gasteiger partial charge in [0, 0.05) is 18.4 Å². The second-order valence-corrected chi connectivity index (χ2v) is 19.1. The van der Waals surface area contributed by atoms with E-state index < -0.39 is 14.4 Å². The van der Waals surface area contributed by atoms with E-state index in [2.05, 4.69) is 53.8 Å². The van der Waals surface area contributed by atoms with Crippen LogP contribution >= 0.6 is 0 Å². The first-order chi connectivity index (χ1) is 15.7. The van der Waals surface area contributed by atoms with Crippen LogP contribution in [0.3, 0.4) is 0 Å². The molecule has 194 valence electrons. The first-order valence-electron chi connectivity index (χ1n) is 13.8. The van der Waals surface area contributed by atoms with E-state index in [0.29, 0.717) is 36.1 Å². The van der Waals surface area contributed by atoms with E-state index in [0.717, 1.165) is 25.7 Å². The number of carbonyl (C=O) groups is 1. The maximum Gasteiger partial charge on any atom is 0.192 e. The lowest BCUT2D eigenvalue weighted by atomic mass is 9.47. The highest BCUT2D eigenvalue weighted by molar-refractivity contribution is 6.74. The van der Waals surface area contributed by atoms with Gasteiger partial charge in [0.2, 0.25) is 0 Å². The van der Waals surface area contributed by atoms with Crippen molar-refractivity contribution in [2.75, 3.05) is 6.61 Å². The normalized spacial score (nSPS) is 42.4. The van der Waals surface area contributed by atoms with Crippen molar-refractivity contribution >= 4 is 14.1 Å². The fourth-order valence-electron chi connectivity index (χ4n) is 8.43. The summed E-state index contributed by atoms with van der Waals surface area (Å²) in [4.78, 5) is 13.3. The zero-order valence-corrected chi connectivity index (χ0v) is 24.0. The van der Waals surface area contributed by atoms with Gasteiger partial charge in [-0.25, -0.2) is 0 Å². The summed E-state index contributed by atoms with van der Waals surface area (Å²) >= 11 is 0. The van der Waals surface area contributed by atoms with E-state index in [4.69, 9.17) is 4.43 Å². The van der Waals surface area contributed by atoms with Crippen LogP contribution in [0.15, 0.2) is 11.6 Å². The van der Waals surface area contributed by atoms with Crippen LogP contribution in [0.1, 0.15) is 86.5 Å². The number of allylic oxidation sites excluding steroid dienone is 1. The molecule has 4 aliphatic carbocycles. The number of carbonyl (C=O) groups excluding carboxylic acids is 1. The molecule has 3 fully saturated rings. The molecule has 4 unspecified atom stereocenters. The van der Waals surface area contributed by atoms with Gasteiger partial charge in [-0.15, -0.1) is 0 Å². The zero-order valence-electron chi connectivity index (χ0n) is 23.0. The summed E-state index contributed by atoms with van der Waals surface area (Å²) in [6.45, 7) is 18.2. The monoisotopic (exact) mass is 490 g/mol. The average Bonchev–Trinajstić information content (AvgIpc) is 3.01. The minimum atomic E-state index is -1.78. The molecule has 9 atom stereocenters. The molecule has 0 heterocycles. The van der Waals surface area contributed by atoms with Crippen molar-refractivity contribution in [1.29, 1.82) is 0 Å². The third kappa shape index (κ3) is 4.11. The Bertz CT molecular complexity index is 828. The molecule has 0 amide bonds. The van der Waals surface area contributed by atoms with Crippen molar-refractivity contribution in [3.8, 4) is 0 Å². The van der Waals surface area contributed by atoms with Crippen LogP contribution in [0, 0.1) is 40.4 Å². The third-order valence-corrected chi connectivity index (χ3v) is 16.1. The molecule has 0 aromatic carbocycles. The lowest BCUT2D eigenvalue weighted by Crippen LogP contribution is -2.52. The number of hydrogen-bond donors (Lipinski definition) is 2. The maximum atomic E-state index is 13.3. The highest BCUT2D eigenvalue weighted by Crippen LogP contribution is 2.66. The van der Waals surface area contributed by atoms with Crippen LogP contribution in [0.25, 0.3) is 0 Å². The van der Waals surface area contributed by atoms with Crippen molar-refractivity contribution in [3.63, 3.8) is 0 Å². The maximum absolute atomic E-state index is 13.3. The second kappa shape index (κ2) is 8.81. The lowest BCUT2D eigenvalue weighted by Gasteiger charge is -2.58. The molecular weight excluding hydrogens is 440 g/mol. The van der Waals surface area contributed by atoms with Crippen molar-refractivity contribution in [3.05, 3.63) is 11.6 Å². The van der Waals surface area contributed by atoms with E-state index in [-0.39, 0.29) is 34.3 Å². The molecule has 0 saturated heterocycles. The van der Waals surface area contributed by atoms with Crippen LogP contribution in [-0.2, 0) is 9.22 Å². The van der Waals surface area contributed by atoms with Crippen molar-refractivity contribution in [2.24, 2.45) is 40.4 Å². The van der Waals surface area contributed by atoms with Gasteiger partial charge in [0.05, 0.1) is 12.7 Å². The summed E-state index contributed by atoms with van der Waals surface area (Å²) < 4.78 is 6.86. The SMILES string of the molecule is C[C@H](C(O)CO)[C@H]1C(=O)CC2C3CC=C4C[C@@H](O[Si](C)(C)C(C)(C)C)CC[C@]4(C)C3CC[C@@]21C. The quantitative estimate of drug-likeness (QED) is 0.360. The van der Waals surface area contributed by atoms with Gasteiger partial charge in [-0.05, 0) is 91.2 Å². The fraction of sp³-hybridized carbons (Fsp3) is 0.897. The van der Waals surface area contributed by atoms with E-state index >= 15 is 0 Å². The summed E-state index contributed by atoms with van der Waals surface area (Å²) in [5.74, 6) is 1.60. The Kier molecular flexibility index (Phi) is 6.89. The Morgan fingerprint density at radius 1 is 1.15 bits per heavy atom. The molecule has 4 nitrogen and oxygen atoms in total. The summed E-state index contributed by atoms with van der Waals surface area (Å²) in [5.41, 5.74) is 1.80. The molecule has 34 heavy (non-hydrogen) atoms. The summed E-state index contributed by atoms with van der Waals surface area (Å²) in [7, 11) is -1.78. The topological polar surface area (TPSA) is 66.8 Å². The number of ketones is 1. The Labute approximate surface area is 209 Å². The first kappa shape index (κ1) is 26.6. The number of hydrogen-bond acceptors (Lipinski definition) is 4. The molecule has 4 rings (SSSR count). The summed E-state index contributed by atoms with van der Waals surface area (Å²) in [6.07, 6.45) is 9.47. The smallest absolute Gasteiger partial charge is 0.192 e. The molecule has 0 bridgehead atoms. The molecule has 4 aliphatic rings. The predicted octanol–water partition coefficient (Wildman–Crippen LogP) is 6.12. The highest BCUT2D eigenvalue weighted by Gasteiger charge is 2.62. The van der Waals surface area contributed by atoms with Crippen molar-refractivity contribution < 1.29 is 19.4 Å². The van der Waals surface area contributed by atoms with Crippen LogP contribution < -0.4 is 0 Å². The number of rotatable bonds is 5. The molecule has 5 heteroatoms. The van der Waals surface area contributed by atoms with Crippen LogP contribution in [0.2, 0.25) is 18.1 Å². The van der Waals surface area contributed by atoms with E-state index in [1.165, 1.54) is 12.8 Å². The number of Topliss-reactive ketones (excluding diaryl/α,β-unsaturated/α-hetero) is 1. The van der Waals surface area contributed by atoms with Gasteiger partial charge in [-0.1, -0.05) is 53.2 Å². The zero-order chi connectivity index (χ0) is 25.3. The first-order valence-corrected chi connectivity index (χ1v) is 16.8. The van der Waals surface area contributed by atoms with Crippen molar-refractivity contribution in [1.82, 2.24) is 0 Å². The van der Waals surface area contributed by atoms with Gasteiger partial charge in [-0.2, -0.15) is 0 Å². The molecule has 3 saturated carbocycles. The molecule has 0 radical (unpaired) electrons. The Balaban J connectivity index is 1.55. The number of fused-ring (bicyclic) bond motifs is 5. The summed E-state index contributed by atoms with van der Waals surface area (Å²) in [5, 5.41) is 20.2. The predicted molar refractivity (Wildman–Crippen MR) is 140 cm³/mol. The Hall–Kier alpha value is -0.493. The van der Waals surface area contributed by atoms with Crippen LogP contribution in [0.5, 0.6) is 0 Å². The molecule has 0 aromatic heterocycles. The Morgan fingerprint density at radius 3 is 2.44 bits per heavy atom. The highest BCUT2D eigenvalue weighted by atomic mass is 28.4. The minimum absolute atomic E-state index is 0.0574. The Morgan fingerprint density at radius 2 is 1.82 bits per heavy atom. The standard InChI is InChI=1S/C29H50O4Si/c1-18(25(32)17-30)26-24(31)16-23-21-10-9-19-15-20(33-34(7,8)27(2,3)4)11-13-28(19,5)22(21)12-14-29(23,26)6/h9,18,20-23,25-26,30,32H,10-17H2,1-8H3/t18-,20+,21?,22?,23?,25?,26+,28+,29+/m1/s1. The van der Waals surface area contributed by atoms with E-state index in [1.807, 2.05) is 6.92 Å². The molecular formula is C29H50O4Si. The largest absolute Gasteiger partial charge is 0.414 e. The molecule has 2 N–H and O–H groups in total. The average molecular weight is 491 g/mol. The number of aliphatic hydroxyl groups is 2. The van der Waals surface area contributed by atoms with Crippen LogP contribution in [0.4, 0.5) is 0 Å².